The van der Waals surface area contributed by atoms with E-state index in [2.05, 4.69) is 11.6 Å². The van der Waals surface area contributed by atoms with Gasteiger partial charge >= 0.3 is 0 Å². The summed E-state index contributed by atoms with van der Waals surface area (Å²) in [6.45, 7) is 2.29. The first-order chi connectivity index (χ1) is 12.2. The SMILES string of the molecule is COc1cc2c(cc1O)CC[C@@H]1[C@@H]2CC[C@]2(C)[C@@H](NS(C)(=O)=O)CC[C@@H]12. The zero-order valence-electron chi connectivity index (χ0n) is 15.8. The Kier molecular flexibility index (Phi) is 4.27. The lowest BCUT2D eigenvalue weighted by Gasteiger charge is -2.51. The molecular formula is C20H29NO4S. The maximum atomic E-state index is 11.8. The van der Waals surface area contributed by atoms with Crippen LogP contribution in [0.5, 0.6) is 11.5 Å². The number of nitrogens with one attached hydrogen (secondary N) is 1. The van der Waals surface area contributed by atoms with Crippen molar-refractivity contribution in [2.75, 3.05) is 13.4 Å². The summed E-state index contributed by atoms with van der Waals surface area (Å²) in [6.07, 6.45) is 7.50. The number of methoxy groups -OCH3 is 1. The molecule has 5 nitrogen and oxygen atoms in total. The number of fused-ring (bicyclic) bond motifs is 5. The molecule has 0 aliphatic heterocycles. The molecule has 3 aliphatic carbocycles. The van der Waals surface area contributed by atoms with Gasteiger partial charge in [0.25, 0.3) is 0 Å². The Bertz CT molecular complexity index is 821. The summed E-state index contributed by atoms with van der Waals surface area (Å²) < 4.78 is 31.9. The van der Waals surface area contributed by atoms with Crippen molar-refractivity contribution >= 4 is 10.0 Å². The average molecular weight is 380 g/mol. The van der Waals surface area contributed by atoms with Crippen molar-refractivity contribution in [3.05, 3.63) is 23.3 Å². The lowest BCUT2D eigenvalue weighted by Crippen LogP contribution is -2.49. The van der Waals surface area contributed by atoms with Gasteiger partial charge < -0.3 is 9.84 Å². The molecule has 3 aliphatic rings. The van der Waals surface area contributed by atoms with Crippen LogP contribution in [-0.4, -0.2) is 32.9 Å². The standard InChI is InChI=1S/C20H29NO4S/c1-20-9-8-13-14(16(20)6-7-19(20)21-26(3,23)24)5-4-12-10-17(22)18(25-2)11-15(12)13/h10-11,13-14,16,19,21-22H,4-9H2,1-3H3/t13-,14+,16-,19-,20-/m0/s1. The number of aromatic hydroxyl groups is 1. The van der Waals surface area contributed by atoms with Crippen LogP contribution in [0, 0.1) is 17.3 Å². The lowest BCUT2D eigenvalue weighted by atomic mass is 9.55. The molecule has 1 aromatic rings. The summed E-state index contributed by atoms with van der Waals surface area (Å²) in [6, 6.07) is 3.96. The van der Waals surface area contributed by atoms with Gasteiger partial charge in [-0.3, -0.25) is 0 Å². The molecule has 0 bridgehead atoms. The zero-order chi connectivity index (χ0) is 18.7. The highest BCUT2D eigenvalue weighted by Crippen LogP contribution is 2.61. The number of aryl methyl sites for hydroxylation is 1. The second-order valence-electron chi connectivity index (χ2n) is 8.70. The number of hydrogen-bond acceptors (Lipinski definition) is 4. The molecule has 5 atom stereocenters. The van der Waals surface area contributed by atoms with Crippen molar-refractivity contribution in [1.29, 1.82) is 0 Å². The van der Waals surface area contributed by atoms with E-state index in [0.29, 0.717) is 23.5 Å². The van der Waals surface area contributed by atoms with Gasteiger partial charge in [0.1, 0.15) is 0 Å². The largest absolute Gasteiger partial charge is 0.504 e. The van der Waals surface area contributed by atoms with Crippen LogP contribution in [0.1, 0.15) is 56.1 Å². The summed E-state index contributed by atoms with van der Waals surface area (Å²) in [5.74, 6) is 2.41. The molecule has 0 saturated heterocycles. The fourth-order valence-corrected chi connectivity index (χ4v) is 7.11. The Morgan fingerprint density at radius 3 is 2.69 bits per heavy atom. The predicted molar refractivity (Wildman–Crippen MR) is 101 cm³/mol. The fraction of sp³-hybridized carbons (Fsp3) is 0.700. The Balaban J connectivity index is 1.65. The molecule has 0 spiro atoms. The molecule has 0 aromatic heterocycles. The third-order valence-electron chi connectivity index (χ3n) is 7.38. The summed E-state index contributed by atoms with van der Waals surface area (Å²) in [5, 5.41) is 10.1. The first-order valence-electron chi connectivity index (χ1n) is 9.60. The first kappa shape index (κ1) is 18.1. The molecule has 0 unspecified atom stereocenters. The highest BCUT2D eigenvalue weighted by molar-refractivity contribution is 7.88. The van der Waals surface area contributed by atoms with Crippen molar-refractivity contribution < 1.29 is 18.3 Å². The molecule has 6 heteroatoms. The Labute approximate surface area is 156 Å². The van der Waals surface area contributed by atoms with Crippen LogP contribution in [0.15, 0.2) is 12.1 Å². The molecule has 0 heterocycles. The summed E-state index contributed by atoms with van der Waals surface area (Å²) >= 11 is 0. The molecule has 4 rings (SSSR count). The van der Waals surface area contributed by atoms with Gasteiger partial charge in [-0.05, 0) is 85.0 Å². The average Bonchev–Trinajstić information content (AvgIpc) is 2.89. The van der Waals surface area contributed by atoms with Crippen LogP contribution < -0.4 is 9.46 Å². The number of ether oxygens (including phenoxy) is 1. The predicted octanol–water partition coefficient (Wildman–Crippen LogP) is 3.17. The van der Waals surface area contributed by atoms with Crippen molar-refractivity contribution in [2.45, 2.75) is 57.4 Å². The van der Waals surface area contributed by atoms with E-state index in [1.807, 2.05) is 12.1 Å². The molecule has 2 fully saturated rings. The van der Waals surface area contributed by atoms with Crippen LogP contribution in [0.2, 0.25) is 0 Å². The van der Waals surface area contributed by atoms with E-state index in [4.69, 9.17) is 4.74 Å². The molecule has 0 radical (unpaired) electrons. The number of rotatable bonds is 3. The summed E-state index contributed by atoms with van der Waals surface area (Å²) in [4.78, 5) is 0. The van der Waals surface area contributed by atoms with Crippen LogP contribution >= 0.6 is 0 Å². The quantitative estimate of drug-likeness (QED) is 0.846. The van der Waals surface area contributed by atoms with Gasteiger partial charge in [0.05, 0.1) is 13.4 Å². The maximum absolute atomic E-state index is 11.8. The van der Waals surface area contributed by atoms with Crippen LogP contribution in [-0.2, 0) is 16.4 Å². The third kappa shape index (κ3) is 2.82. The van der Waals surface area contributed by atoms with Crippen LogP contribution in [0.3, 0.4) is 0 Å². The minimum atomic E-state index is -3.18. The van der Waals surface area contributed by atoms with Crippen LogP contribution in [0.25, 0.3) is 0 Å². The van der Waals surface area contributed by atoms with Crippen molar-refractivity contribution in [1.82, 2.24) is 4.72 Å². The topological polar surface area (TPSA) is 75.6 Å². The number of phenolic OH excluding ortho intramolecular Hbond substituents is 1. The van der Waals surface area contributed by atoms with Crippen LogP contribution in [0.4, 0.5) is 0 Å². The van der Waals surface area contributed by atoms with E-state index in [-0.39, 0.29) is 17.2 Å². The number of sulfonamides is 1. The number of hydrogen-bond donors (Lipinski definition) is 2. The van der Waals surface area contributed by atoms with Gasteiger partial charge in [-0.1, -0.05) is 6.92 Å². The fourth-order valence-electron chi connectivity index (χ4n) is 6.20. The van der Waals surface area contributed by atoms with Crippen molar-refractivity contribution in [3.8, 4) is 11.5 Å². The maximum Gasteiger partial charge on any atom is 0.208 e. The second-order valence-corrected chi connectivity index (χ2v) is 10.5. The van der Waals surface area contributed by atoms with E-state index >= 15 is 0 Å². The Morgan fingerprint density at radius 2 is 2.00 bits per heavy atom. The highest BCUT2D eigenvalue weighted by Gasteiger charge is 2.55. The van der Waals surface area contributed by atoms with Gasteiger partial charge in [0.2, 0.25) is 10.0 Å². The minimum absolute atomic E-state index is 0.0444. The number of phenols is 1. The van der Waals surface area contributed by atoms with Gasteiger partial charge in [0, 0.05) is 6.04 Å². The highest BCUT2D eigenvalue weighted by atomic mass is 32.2. The van der Waals surface area contributed by atoms with E-state index < -0.39 is 10.0 Å². The monoisotopic (exact) mass is 379 g/mol. The van der Waals surface area contributed by atoms with E-state index in [1.54, 1.807) is 7.11 Å². The van der Waals surface area contributed by atoms with E-state index in [1.165, 1.54) is 17.4 Å². The molecule has 26 heavy (non-hydrogen) atoms. The molecule has 2 N–H and O–H groups in total. The Morgan fingerprint density at radius 1 is 1.23 bits per heavy atom. The van der Waals surface area contributed by atoms with Gasteiger partial charge in [0.15, 0.2) is 11.5 Å². The molecular weight excluding hydrogens is 350 g/mol. The second kappa shape index (κ2) is 6.13. The van der Waals surface area contributed by atoms with Crippen molar-refractivity contribution in [3.63, 3.8) is 0 Å². The molecule has 2 saturated carbocycles. The molecule has 0 amide bonds. The lowest BCUT2D eigenvalue weighted by molar-refractivity contribution is 0.0461. The van der Waals surface area contributed by atoms with Gasteiger partial charge in [-0.25, -0.2) is 13.1 Å². The first-order valence-corrected chi connectivity index (χ1v) is 11.5. The Hall–Kier alpha value is -1.27. The van der Waals surface area contributed by atoms with Gasteiger partial charge in [-0.2, -0.15) is 0 Å². The summed E-state index contributed by atoms with van der Waals surface area (Å²) in [5.41, 5.74) is 2.62. The zero-order valence-corrected chi connectivity index (χ0v) is 16.6. The number of benzene rings is 1. The normalized spacial score (nSPS) is 36.1. The van der Waals surface area contributed by atoms with E-state index in [9.17, 15) is 13.5 Å². The minimum Gasteiger partial charge on any atom is -0.504 e. The van der Waals surface area contributed by atoms with Gasteiger partial charge in [-0.15, -0.1) is 0 Å². The van der Waals surface area contributed by atoms with Crippen molar-refractivity contribution in [2.24, 2.45) is 17.3 Å². The molecule has 1 aromatic carbocycles. The molecule has 144 valence electrons. The smallest absolute Gasteiger partial charge is 0.208 e. The third-order valence-corrected chi connectivity index (χ3v) is 8.09. The van der Waals surface area contributed by atoms with E-state index in [0.717, 1.165) is 38.5 Å². The summed E-state index contributed by atoms with van der Waals surface area (Å²) in [7, 11) is -1.59.